The summed E-state index contributed by atoms with van der Waals surface area (Å²) in [4.78, 5) is 8.92. The van der Waals surface area contributed by atoms with Crippen LogP contribution in [0, 0.1) is 5.41 Å². The van der Waals surface area contributed by atoms with Gasteiger partial charge >= 0.3 is 0 Å². The van der Waals surface area contributed by atoms with Gasteiger partial charge in [-0.25, -0.2) is 9.97 Å². The third kappa shape index (κ3) is 1.91. The van der Waals surface area contributed by atoms with Crippen LogP contribution >= 0.6 is 0 Å². The molecule has 0 spiro atoms. The number of hydrogen-bond donors (Lipinski definition) is 0. The summed E-state index contributed by atoms with van der Waals surface area (Å²) in [5, 5.41) is 1.10. The van der Waals surface area contributed by atoms with Crippen molar-refractivity contribution in [2.75, 3.05) is 13.2 Å². The molecule has 0 amide bonds. The highest BCUT2D eigenvalue weighted by Crippen LogP contribution is 2.34. The molecule has 1 saturated heterocycles. The molecular weight excluding hydrogens is 212 g/mol. The summed E-state index contributed by atoms with van der Waals surface area (Å²) in [5.41, 5.74) is 2.29. The first-order valence-electron chi connectivity index (χ1n) is 6.10. The van der Waals surface area contributed by atoms with Crippen molar-refractivity contribution >= 4 is 11.0 Å². The second-order valence-electron chi connectivity index (χ2n) is 4.88. The predicted octanol–water partition coefficient (Wildman–Crippen LogP) is 2.60. The van der Waals surface area contributed by atoms with Crippen molar-refractivity contribution < 1.29 is 4.74 Å². The molecule has 3 rings (SSSR count). The zero-order valence-corrected chi connectivity index (χ0v) is 10.0. The summed E-state index contributed by atoms with van der Waals surface area (Å²) in [6.45, 7) is 3.96. The lowest BCUT2D eigenvalue weighted by Gasteiger charge is -2.40. The second kappa shape index (κ2) is 4.08. The minimum atomic E-state index is 0.315. The van der Waals surface area contributed by atoms with E-state index in [-0.39, 0.29) is 0 Å². The van der Waals surface area contributed by atoms with Crippen molar-refractivity contribution in [3.05, 3.63) is 36.2 Å². The minimum absolute atomic E-state index is 0.315. The van der Waals surface area contributed by atoms with Crippen LogP contribution in [-0.2, 0) is 11.2 Å². The van der Waals surface area contributed by atoms with Crippen molar-refractivity contribution in [3.8, 4) is 0 Å². The monoisotopic (exact) mass is 228 g/mol. The lowest BCUT2D eigenvalue weighted by Crippen LogP contribution is -2.43. The van der Waals surface area contributed by atoms with Gasteiger partial charge in [-0.3, -0.25) is 0 Å². The highest BCUT2D eigenvalue weighted by atomic mass is 16.5. The Morgan fingerprint density at radius 3 is 2.88 bits per heavy atom. The molecule has 0 unspecified atom stereocenters. The van der Waals surface area contributed by atoms with Gasteiger partial charge in [0.05, 0.1) is 13.2 Å². The van der Waals surface area contributed by atoms with E-state index in [0.717, 1.165) is 42.8 Å². The number of hydrogen-bond acceptors (Lipinski definition) is 3. The molecule has 0 radical (unpaired) electrons. The van der Waals surface area contributed by atoms with Gasteiger partial charge in [0, 0.05) is 22.7 Å². The molecule has 2 aromatic rings. The summed E-state index contributed by atoms with van der Waals surface area (Å²) in [7, 11) is 0. The third-order valence-electron chi connectivity index (χ3n) is 3.64. The summed E-state index contributed by atoms with van der Waals surface area (Å²) in [5.74, 6) is 0. The number of fused-ring (bicyclic) bond motifs is 1. The summed E-state index contributed by atoms with van der Waals surface area (Å²) in [6, 6.07) is 8.20. The van der Waals surface area contributed by atoms with Crippen LogP contribution in [0.5, 0.6) is 0 Å². The van der Waals surface area contributed by atoms with Crippen molar-refractivity contribution in [3.63, 3.8) is 0 Å². The SMILES string of the molecule is CCC1(Cc2ccc3cccnc3n2)COC1. The van der Waals surface area contributed by atoms with E-state index in [0.29, 0.717) is 5.41 Å². The molecule has 1 fully saturated rings. The Balaban J connectivity index is 1.90. The van der Waals surface area contributed by atoms with Gasteiger partial charge < -0.3 is 4.74 Å². The average Bonchev–Trinajstić information content (AvgIpc) is 2.34. The molecule has 1 aliphatic heterocycles. The van der Waals surface area contributed by atoms with Crippen LogP contribution in [0.15, 0.2) is 30.5 Å². The maximum atomic E-state index is 5.35. The first-order chi connectivity index (χ1) is 8.31. The van der Waals surface area contributed by atoms with E-state index >= 15 is 0 Å². The highest BCUT2D eigenvalue weighted by Gasteiger charge is 2.37. The van der Waals surface area contributed by atoms with Crippen LogP contribution in [0.1, 0.15) is 19.0 Å². The standard InChI is InChI=1S/C14H16N2O/c1-2-14(9-17-10-14)8-12-6-5-11-4-3-7-15-13(11)16-12/h3-7H,2,8-10H2,1H3. The van der Waals surface area contributed by atoms with Crippen LogP contribution in [0.3, 0.4) is 0 Å². The molecule has 0 aromatic carbocycles. The molecule has 2 aromatic heterocycles. The number of aromatic nitrogens is 2. The summed E-state index contributed by atoms with van der Waals surface area (Å²) < 4.78 is 5.35. The predicted molar refractivity (Wildman–Crippen MR) is 66.8 cm³/mol. The Kier molecular flexibility index (Phi) is 2.56. The van der Waals surface area contributed by atoms with E-state index in [1.54, 1.807) is 6.20 Å². The fourth-order valence-electron chi connectivity index (χ4n) is 2.30. The van der Waals surface area contributed by atoms with E-state index in [2.05, 4.69) is 29.0 Å². The van der Waals surface area contributed by atoms with E-state index in [1.165, 1.54) is 0 Å². The smallest absolute Gasteiger partial charge is 0.159 e. The van der Waals surface area contributed by atoms with Crippen LogP contribution in [-0.4, -0.2) is 23.2 Å². The quantitative estimate of drug-likeness (QED) is 0.810. The molecule has 17 heavy (non-hydrogen) atoms. The Morgan fingerprint density at radius 2 is 2.18 bits per heavy atom. The van der Waals surface area contributed by atoms with Crippen molar-refractivity contribution in [1.82, 2.24) is 9.97 Å². The molecule has 1 aliphatic rings. The molecular formula is C14H16N2O. The number of nitrogens with zero attached hydrogens (tertiary/aromatic N) is 2. The molecule has 88 valence electrons. The molecule has 3 heterocycles. The van der Waals surface area contributed by atoms with E-state index in [4.69, 9.17) is 4.74 Å². The van der Waals surface area contributed by atoms with Gasteiger partial charge in [0.2, 0.25) is 0 Å². The molecule has 0 saturated carbocycles. The molecule has 0 atom stereocenters. The van der Waals surface area contributed by atoms with Gasteiger partial charge in [-0.2, -0.15) is 0 Å². The molecule has 3 heteroatoms. The van der Waals surface area contributed by atoms with Gasteiger partial charge in [0.25, 0.3) is 0 Å². The zero-order chi connectivity index (χ0) is 11.7. The Labute approximate surface area is 101 Å². The van der Waals surface area contributed by atoms with Gasteiger partial charge in [-0.15, -0.1) is 0 Å². The Hall–Kier alpha value is -1.48. The van der Waals surface area contributed by atoms with Gasteiger partial charge in [-0.05, 0) is 37.1 Å². The largest absolute Gasteiger partial charge is 0.380 e. The van der Waals surface area contributed by atoms with Crippen molar-refractivity contribution in [2.24, 2.45) is 5.41 Å². The highest BCUT2D eigenvalue weighted by molar-refractivity contribution is 5.74. The number of ether oxygens (including phenoxy) is 1. The van der Waals surface area contributed by atoms with Crippen molar-refractivity contribution in [2.45, 2.75) is 19.8 Å². The molecule has 3 nitrogen and oxygen atoms in total. The fraction of sp³-hybridized carbons (Fsp3) is 0.429. The summed E-state index contributed by atoms with van der Waals surface area (Å²) in [6.07, 6.45) is 3.94. The molecule has 0 aliphatic carbocycles. The van der Waals surface area contributed by atoms with Gasteiger partial charge in [-0.1, -0.05) is 6.92 Å². The van der Waals surface area contributed by atoms with E-state index in [9.17, 15) is 0 Å². The normalized spacial score (nSPS) is 17.9. The van der Waals surface area contributed by atoms with Crippen LogP contribution < -0.4 is 0 Å². The zero-order valence-electron chi connectivity index (χ0n) is 10.0. The van der Waals surface area contributed by atoms with Crippen LogP contribution in [0.2, 0.25) is 0 Å². The molecule has 0 bridgehead atoms. The first-order valence-corrected chi connectivity index (χ1v) is 6.10. The lowest BCUT2D eigenvalue weighted by atomic mass is 9.79. The molecule has 0 N–H and O–H groups in total. The minimum Gasteiger partial charge on any atom is -0.380 e. The average molecular weight is 228 g/mol. The summed E-state index contributed by atoms with van der Waals surface area (Å²) >= 11 is 0. The lowest BCUT2D eigenvalue weighted by molar-refractivity contribution is -0.114. The topological polar surface area (TPSA) is 35.0 Å². The Morgan fingerprint density at radius 1 is 1.29 bits per heavy atom. The van der Waals surface area contributed by atoms with Crippen LogP contribution in [0.25, 0.3) is 11.0 Å². The Bertz CT molecular complexity index is 529. The van der Waals surface area contributed by atoms with E-state index in [1.807, 2.05) is 12.1 Å². The fourth-order valence-corrected chi connectivity index (χ4v) is 2.30. The number of rotatable bonds is 3. The third-order valence-corrected chi connectivity index (χ3v) is 3.64. The number of pyridine rings is 2. The maximum absolute atomic E-state index is 5.35. The van der Waals surface area contributed by atoms with Crippen molar-refractivity contribution in [1.29, 1.82) is 0 Å². The van der Waals surface area contributed by atoms with Gasteiger partial charge in [0.1, 0.15) is 0 Å². The van der Waals surface area contributed by atoms with E-state index < -0.39 is 0 Å². The second-order valence-corrected chi connectivity index (χ2v) is 4.88. The first kappa shape index (κ1) is 10.7. The maximum Gasteiger partial charge on any atom is 0.159 e. The van der Waals surface area contributed by atoms with Gasteiger partial charge in [0.15, 0.2) is 5.65 Å². The van der Waals surface area contributed by atoms with Crippen LogP contribution in [0.4, 0.5) is 0 Å².